The van der Waals surface area contributed by atoms with Crippen molar-refractivity contribution in [3.63, 3.8) is 0 Å². The maximum atomic E-state index is 11.0. The van der Waals surface area contributed by atoms with Crippen molar-refractivity contribution in [2.45, 2.75) is 13.3 Å². The Bertz CT molecular complexity index is 633. The fourth-order valence-corrected chi connectivity index (χ4v) is 3.32. The quantitative estimate of drug-likeness (QED) is 0.582. The third kappa shape index (κ3) is 1.59. The molecule has 0 radical (unpaired) electrons. The average molecular weight is 261 g/mol. The van der Waals surface area contributed by atoms with E-state index in [1.165, 1.54) is 0 Å². The van der Waals surface area contributed by atoms with Crippen LogP contribution in [0.2, 0.25) is 0 Å². The predicted molar refractivity (Wildman–Crippen MR) is 70.3 cm³/mol. The molecule has 4 nitrogen and oxygen atoms in total. The predicted octanol–water partition coefficient (Wildman–Crippen LogP) is 3.57. The molecule has 5 heteroatoms. The first-order valence-electron chi connectivity index (χ1n) is 5.66. The van der Waals surface area contributed by atoms with Crippen molar-refractivity contribution in [2.75, 3.05) is 6.61 Å². The molecule has 0 aliphatic carbocycles. The van der Waals surface area contributed by atoms with Crippen LogP contribution < -0.4 is 4.74 Å². The molecule has 0 unspecified atom stereocenters. The number of hydrogen-bond donors (Lipinski definition) is 0. The van der Waals surface area contributed by atoms with Gasteiger partial charge in [-0.25, -0.2) is 0 Å². The summed E-state index contributed by atoms with van der Waals surface area (Å²) in [5.41, 5.74) is 3.01. The van der Waals surface area contributed by atoms with Crippen molar-refractivity contribution in [3.05, 3.63) is 44.8 Å². The smallest absolute Gasteiger partial charge is 0.272 e. The fraction of sp³-hybridized carbons (Fsp3) is 0.231. The zero-order valence-electron chi connectivity index (χ0n) is 9.80. The van der Waals surface area contributed by atoms with E-state index in [0.29, 0.717) is 6.61 Å². The molecule has 1 aromatic heterocycles. The van der Waals surface area contributed by atoms with Crippen molar-refractivity contribution in [3.8, 4) is 16.2 Å². The summed E-state index contributed by atoms with van der Waals surface area (Å²) in [6.07, 6.45) is 0.787. The van der Waals surface area contributed by atoms with E-state index in [9.17, 15) is 10.1 Å². The Morgan fingerprint density at radius 1 is 1.39 bits per heavy atom. The molecule has 0 atom stereocenters. The molecule has 0 N–H and O–H groups in total. The van der Waals surface area contributed by atoms with Gasteiger partial charge in [0.2, 0.25) is 0 Å². The number of thiophene rings is 1. The van der Waals surface area contributed by atoms with E-state index in [2.05, 4.69) is 0 Å². The molecule has 0 saturated carbocycles. The number of fused-ring (bicyclic) bond motifs is 3. The van der Waals surface area contributed by atoms with Gasteiger partial charge in [-0.2, -0.15) is 0 Å². The monoisotopic (exact) mass is 261 g/mol. The van der Waals surface area contributed by atoms with E-state index in [0.717, 1.165) is 33.7 Å². The molecule has 0 fully saturated rings. The summed E-state index contributed by atoms with van der Waals surface area (Å²) in [7, 11) is 0. The van der Waals surface area contributed by atoms with Crippen LogP contribution in [0.25, 0.3) is 10.4 Å². The van der Waals surface area contributed by atoms with Crippen molar-refractivity contribution in [1.82, 2.24) is 0 Å². The Labute approximate surface area is 108 Å². The number of hydrogen-bond acceptors (Lipinski definition) is 4. The molecular formula is C13H11NO3S. The van der Waals surface area contributed by atoms with Crippen LogP contribution in [0.15, 0.2) is 23.6 Å². The minimum Gasteiger partial charge on any atom is -0.492 e. The molecule has 0 bridgehead atoms. The number of ether oxygens (including phenoxy) is 1. The number of benzene rings is 1. The molecule has 0 amide bonds. The van der Waals surface area contributed by atoms with Crippen LogP contribution in [-0.4, -0.2) is 11.5 Å². The Balaban J connectivity index is 2.31. The van der Waals surface area contributed by atoms with Gasteiger partial charge in [-0.1, -0.05) is 6.07 Å². The SMILES string of the molecule is Cc1c([N+](=O)[O-])ccc2c1-c1sccc1OCC2. The summed E-state index contributed by atoms with van der Waals surface area (Å²) < 4.78 is 5.67. The van der Waals surface area contributed by atoms with Crippen LogP contribution in [0.4, 0.5) is 5.69 Å². The summed E-state index contributed by atoms with van der Waals surface area (Å²) in [5, 5.41) is 13.0. The van der Waals surface area contributed by atoms with E-state index in [4.69, 9.17) is 4.74 Å². The maximum Gasteiger partial charge on any atom is 0.272 e. The van der Waals surface area contributed by atoms with Crippen LogP contribution in [0.3, 0.4) is 0 Å². The van der Waals surface area contributed by atoms with E-state index in [1.807, 2.05) is 24.4 Å². The Morgan fingerprint density at radius 2 is 2.22 bits per heavy atom. The maximum absolute atomic E-state index is 11.0. The normalized spacial score (nSPS) is 13.2. The molecular weight excluding hydrogens is 250 g/mol. The molecule has 3 rings (SSSR count). The summed E-state index contributed by atoms with van der Waals surface area (Å²) >= 11 is 1.57. The summed E-state index contributed by atoms with van der Waals surface area (Å²) in [6.45, 7) is 2.43. The average Bonchev–Trinajstić information content (AvgIpc) is 2.70. The molecule has 1 aliphatic heterocycles. The summed E-state index contributed by atoms with van der Waals surface area (Å²) in [6, 6.07) is 5.36. The highest BCUT2D eigenvalue weighted by molar-refractivity contribution is 7.14. The third-order valence-corrected chi connectivity index (χ3v) is 4.12. The summed E-state index contributed by atoms with van der Waals surface area (Å²) in [4.78, 5) is 11.7. The van der Waals surface area contributed by atoms with Crippen LogP contribution in [0.5, 0.6) is 5.75 Å². The molecule has 0 spiro atoms. The van der Waals surface area contributed by atoms with Crippen molar-refractivity contribution in [2.24, 2.45) is 0 Å². The first-order valence-corrected chi connectivity index (χ1v) is 6.54. The Morgan fingerprint density at radius 3 is 3.00 bits per heavy atom. The van der Waals surface area contributed by atoms with Crippen LogP contribution in [-0.2, 0) is 6.42 Å². The van der Waals surface area contributed by atoms with Crippen LogP contribution >= 0.6 is 11.3 Å². The van der Waals surface area contributed by atoms with Gasteiger partial charge in [0, 0.05) is 23.6 Å². The topological polar surface area (TPSA) is 52.4 Å². The molecule has 0 saturated heterocycles. The van der Waals surface area contributed by atoms with Gasteiger partial charge in [-0.05, 0) is 23.9 Å². The standard InChI is InChI=1S/C13H11NO3S/c1-8-10(14(15)16)3-2-9-4-6-17-11-5-7-18-13(11)12(8)9/h2-3,5,7H,4,6H2,1H3. The van der Waals surface area contributed by atoms with E-state index >= 15 is 0 Å². The lowest BCUT2D eigenvalue weighted by atomic mass is 9.97. The molecule has 2 aromatic rings. The third-order valence-electron chi connectivity index (χ3n) is 3.20. The van der Waals surface area contributed by atoms with Crippen molar-refractivity contribution < 1.29 is 9.66 Å². The second-order valence-corrected chi connectivity index (χ2v) is 5.13. The zero-order chi connectivity index (χ0) is 12.7. The van der Waals surface area contributed by atoms with Gasteiger partial charge in [0.15, 0.2) is 0 Å². The highest BCUT2D eigenvalue weighted by Crippen LogP contribution is 2.43. The van der Waals surface area contributed by atoms with E-state index in [1.54, 1.807) is 17.4 Å². The number of nitrogens with zero attached hydrogens (tertiary/aromatic N) is 1. The lowest BCUT2D eigenvalue weighted by molar-refractivity contribution is -0.385. The number of rotatable bonds is 1. The molecule has 2 heterocycles. The lowest BCUT2D eigenvalue weighted by Crippen LogP contribution is -2.00. The van der Waals surface area contributed by atoms with Crippen LogP contribution in [0.1, 0.15) is 11.1 Å². The van der Waals surface area contributed by atoms with Crippen molar-refractivity contribution >= 4 is 17.0 Å². The van der Waals surface area contributed by atoms with E-state index < -0.39 is 0 Å². The lowest BCUT2D eigenvalue weighted by Gasteiger charge is -2.08. The molecule has 1 aromatic carbocycles. The largest absolute Gasteiger partial charge is 0.492 e. The molecule has 92 valence electrons. The Hall–Kier alpha value is -1.88. The van der Waals surface area contributed by atoms with Gasteiger partial charge in [-0.15, -0.1) is 11.3 Å². The van der Waals surface area contributed by atoms with E-state index in [-0.39, 0.29) is 10.6 Å². The van der Waals surface area contributed by atoms with Crippen molar-refractivity contribution in [1.29, 1.82) is 0 Å². The zero-order valence-corrected chi connectivity index (χ0v) is 10.6. The second-order valence-electron chi connectivity index (χ2n) is 4.21. The van der Waals surface area contributed by atoms with Gasteiger partial charge < -0.3 is 4.74 Å². The highest BCUT2D eigenvalue weighted by atomic mass is 32.1. The highest BCUT2D eigenvalue weighted by Gasteiger charge is 2.23. The van der Waals surface area contributed by atoms with Gasteiger partial charge in [-0.3, -0.25) is 10.1 Å². The fourth-order valence-electron chi connectivity index (χ4n) is 2.34. The Kier molecular flexibility index (Phi) is 2.56. The first-order chi connectivity index (χ1) is 8.68. The van der Waals surface area contributed by atoms with Crippen LogP contribution in [0, 0.1) is 17.0 Å². The minimum atomic E-state index is -0.325. The molecule has 1 aliphatic rings. The molecule has 18 heavy (non-hydrogen) atoms. The van der Waals surface area contributed by atoms with Gasteiger partial charge in [0.1, 0.15) is 5.75 Å². The van der Waals surface area contributed by atoms with Gasteiger partial charge in [0.25, 0.3) is 5.69 Å². The van der Waals surface area contributed by atoms with Gasteiger partial charge in [0.05, 0.1) is 16.4 Å². The second kappa shape index (κ2) is 4.10. The minimum absolute atomic E-state index is 0.176. The number of nitro benzene ring substituents is 1. The number of nitro groups is 1. The summed E-state index contributed by atoms with van der Waals surface area (Å²) in [5.74, 6) is 0.836. The first kappa shape index (κ1) is 11.2. The van der Waals surface area contributed by atoms with Gasteiger partial charge >= 0.3 is 0 Å².